The van der Waals surface area contributed by atoms with Gasteiger partial charge >= 0.3 is 0 Å². The van der Waals surface area contributed by atoms with Crippen molar-refractivity contribution in [1.29, 1.82) is 0 Å². The average molecular weight is 411 g/mol. The molecule has 1 aliphatic carbocycles. The van der Waals surface area contributed by atoms with Crippen LogP contribution in [0.3, 0.4) is 0 Å². The monoisotopic (exact) mass is 410 g/mol. The summed E-state index contributed by atoms with van der Waals surface area (Å²) in [7, 11) is 0. The molecule has 0 unspecified atom stereocenters. The van der Waals surface area contributed by atoms with Crippen LogP contribution in [0, 0.1) is 0 Å². The summed E-state index contributed by atoms with van der Waals surface area (Å²) in [4.78, 5) is 25.2. The van der Waals surface area contributed by atoms with Crippen LogP contribution in [0.4, 0.5) is 0 Å². The number of hydrogen-bond donors (Lipinski definition) is 1. The maximum atomic E-state index is 11.5. The molecule has 3 heterocycles. The van der Waals surface area contributed by atoms with E-state index in [1.54, 1.807) is 30.4 Å². The summed E-state index contributed by atoms with van der Waals surface area (Å²) in [6.45, 7) is 5.88. The lowest BCUT2D eigenvalue weighted by molar-refractivity contribution is -0.922. The summed E-state index contributed by atoms with van der Waals surface area (Å²) in [6, 6.07) is 7.27. The summed E-state index contributed by atoms with van der Waals surface area (Å²) in [5, 5.41) is 1.07. The molecule has 3 aromatic rings. The van der Waals surface area contributed by atoms with Crippen LogP contribution in [0.5, 0.6) is 11.6 Å². The molecule has 1 N–H and O–H groups in total. The number of carbonyl (C=O) groups excluding carboxylic acids is 1. The number of Topliss-reactive ketones (excluding diaryl/α,β-unsaturated/α-hetero) is 1. The van der Waals surface area contributed by atoms with Crippen molar-refractivity contribution in [2.24, 2.45) is 0 Å². The Morgan fingerprint density at radius 3 is 2.72 bits per heavy atom. The number of ether oxygens (including phenoxy) is 2. The zero-order valence-corrected chi connectivity index (χ0v) is 17.3. The highest BCUT2D eigenvalue weighted by Gasteiger charge is 2.25. The lowest BCUT2D eigenvalue weighted by atomic mass is 10.1. The number of aryl methyl sites for hydroxylation is 2. The first-order valence-corrected chi connectivity index (χ1v) is 11.0. The summed E-state index contributed by atoms with van der Waals surface area (Å²) < 4.78 is 11.7. The zero-order valence-electron chi connectivity index (χ0n) is 16.5. The predicted octanol–water partition coefficient (Wildman–Crippen LogP) is 2.59. The van der Waals surface area contributed by atoms with E-state index in [0.717, 1.165) is 61.7 Å². The number of benzene rings is 1. The van der Waals surface area contributed by atoms with Crippen LogP contribution in [-0.4, -0.2) is 42.1 Å². The molecule has 0 amide bonds. The average Bonchev–Trinajstić information content (AvgIpc) is 3.30. The molecular weight excluding hydrogens is 386 g/mol. The normalized spacial score (nSPS) is 16.9. The van der Waals surface area contributed by atoms with Crippen LogP contribution in [0.1, 0.15) is 40.0 Å². The van der Waals surface area contributed by atoms with E-state index in [-0.39, 0.29) is 5.78 Å². The third kappa shape index (κ3) is 3.77. The summed E-state index contributed by atoms with van der Waals surface area (Å²) in [5.41, 5.74) is 2.03. The van der Waals surface area contributed by atoms with E-state index in [9.17, 15) is 4.79 Å². The van der Waals surface area contributed by atoms with Gasteiger partial charge in [0.15, 0.2) is 11.6 Å². The van der Waals surface area contributed by atoms with Crippen LogP contribution in [0.15, 0.2) is 24.3 Å². The maximum absolute atomic E-state index is 11.5. The van der Waals surface area contributed by atoms with E-state index in [4.69, 9.17) is 19.4 Å². The maximum Gasteiger partial charge on any atom is 0.231 e. The number of thiophene rings is 1. The predicted molar refractivity (Wildman–Crippen MR) is 111 cm³/mol. The molecule has 0 radical (unpaired) electrons. The second-order valence-electron chi connectivity index (χ2n) is 7.70. The molecule has 0 atom stereocenters. The molecule has 1 fully saturated rings. The van der Waals surface area contributed by atoms with E-state index in [1.165, 1.54) is 21.8 Å². The van der Waals surface area contributed by atoms with Crippen molar-refractivity contribution in [2.75, 3.05) is 26.3 Å². The fourth-order valence-electron chi connectivity index (χ4n) is 4.09. The molecule has 29 heavy (non-hydrogen) atoms. The largest absolute Gasteiger partial charge is 0.438 e. The van der Waals surface area contributed by atoms with Crippen molar-refractivity contribution in [3.63, 3.8) is 0 Å². The topological polar surface area (TPSA) is 65.8 Å². The third-order valence-electron chi connectivity index (χ3n) is 5.66. The third-order valence-corrected chi connectivity index (χ3v) is 6.85. The van der Waals surface area contributed by atoms with Gasteiger partial charge in [0, 0.05) is 10.4 Å². The van der Waals surface area contributed by atoms with E-state index in [1.807, 2.05) is 12.1 Å². The number of quaternary nitrogens is 1. The molecule has 0 bridgehead atoms. The van der Waals surface area contributed by atoms with E-state index < -0.39 is 0 Å². The van der Waals surface area contributed by atoms with E-state index >= 15 is 0 Å². The molecule has 6 nitrogen and oxygen atoms in total. The van der Waals surface area contributed by atoms with Crippen molar-refractivity contribution >= 4 is 27.3 Å². The first kappa shape index (κ1) is 18.7. The highest BCUT2D eigenvalue weighted by molar-refractivity contribution is 7.19. The molecule has 1 aliphatic heterocycles. The fourth-order valence-corrected chi connectivity index (χ4v) is 5.36. The lowest BCUT2D eigenvalue weighted by Crippen LogP contribution is -3.12. The molecule has 2 aliphatic rings. The zero-order chi connectivity index (χ0) is 19.8. The van der Waals surface area contributed by atoms with E-state index in [2.05, 4.69) is 0 Å². The highest BCUT2D eigenvalue weighted by atomic mass is 32.1. The number of carbonyl (C=O) groups is 1. The van der Waals surface area contributed by atoms with Gasteiger partial charge in [-0.2, -0.15) is 4.98 Å². The van der Waals surface area contributed by atoms with Gasteiger partial charge in [0.2, 0.25) is 5.88 Å². The van der Waals surface area contributed by atoms with Gasteiger partial charge in [-0.1, -0.05) is 0 Å². The Labute approximate surface area is 173 Å². The van der Waals surface area contributed by atoms with Gasteiger partial charge in [0.25, 0.3) is 0 Å². The van der Waals surface area contributed by atoms with Gasteiger partial charge in [0.05, 0.1) is 18.6 Å². The van der Waals surface area contributed by atoms with Crippen molar-refractivity contribution in [1.82, 2.24) is 9.97 Å². The van der Waals surface area contributed by atoms with Gasteiger partial charge in [-0.3, -0.25) is 4.79 Å². The number of rotatable bonds is 5. The van der Waals surface area contributed by atoms with Crippen LogP contribution in [-0.2, 0) is 24.1 Å². The van der Waals surface area contributed by atoms with Gasteiger partial charge < -0.3 is 14.4 Å². The van der Waals surface area contributed by atoms with Crippen LogP contribution in [0.2, 0.25) is 0 Å². The SMILES string of the molecule is CC(=O)c1ccc(Oc2nc(C[NH+]3CCOCC3)nc3sc4c(c23)CCC4)cc1. The fraction of sp³-hybridized carbons (Fsp3) is 0.409. The Hall–Kier alpha value is -2.35. The molecule has 0 spiro atoms. The second-order valence-corrected chi connectivity index (χ2v) is 8.79. The van der Waals surface area contributed by atoms with Crippen molar-refractivity contribution in [3.05, 3.63) is 46.1 Å². The molecule has 1 aromatic carbocycles. The number of hydrogen-bond acceptors (Lipinski definition) is 6. The first-order valence-electron chi connectivity index (χ1n) is 10.2. The summed E-state index contributed by atoms with van der Waals surface area (Å²) in [5.74, 6) is 2.21. The Balaban J connectivity index is 1.51. The van der Waals surface area contributed by atoms with Gasteiger partial charge in [0.1, 0.15) is 30.2 Å². The summed E-state index contributed by atoms with van der Waals surface area (Å²) in [6.07, 6.45) is 3.36. The Morgan fingerprint density at radius 1 is 1.17 bits per heavy atom. The summed E-state index contributed by atoms with van der Waals surface area (Å²) >= 11 is 1.78. The lowest BCUT2D eigenvalue weighted by Gasteiger charge is -2.23. The van der Waals surface area contributed by atoms with Crippen LogP contribution < -0.4 is 9.64 Å². The number of ketones is 1. The Kier molecular flexibility index (Phi) is 5.03. The van der Waals surface area contributed by atoms with Crippen molar-refractivity contribution in [3.8, 4) is 11.6 Å². The quantitative estimate of drug-likeness (QED) is 0.655. The molecule has 2 aromatic heterocycles. The molecule has 1 saturated heterocycles. The minimum atomic E-state index is 0.0485. The minimum absolute atomic E-state index is 0.0485. The van der Waals surface area contributed by atoms with Gasteiger partial charge in [-0.25, -0.2) is 4.98 Å². The number of nitrogens with zero attached hydrogens (tertiary/aromatic N) is 2. The Morgan fingerprint density at radius 2 is 1.97 bits per heavy atom. The van der Waals surface area contributed by atoms with Crippen LogP contribution >= 0.6 is 11.3 Å². The van der Waals surface area contributed by atoms with Gasteiger partial charge in [-0.05, 0) is 56.0 Å². The van der Waals surface area contributed by atoms with Crippen molar-refractivity contribution < 1.29 is 19.2 Å². The molecule has 0 saturated carbocycles. The molecule has 7 heteroatoms. The number of fused-ring (bicyclic) bond motifs is 3. The molecule has 150 valence electrons. The van der Waals surface area contributed by atoms with E-state index in [0.29, 0.717) is 17.2 Å². The molecule has 5 rings (SSSR count). The Bertz CT molecular complexity index is 1060. The standard InChI is InChI=1S/C22H23N3O3S/c1-14(26)15-5-7-16(8-6-15)28-21-20-17-3-2-4-18(17)29-22(20)24-19(23-21)13-25-9-11-27-12-10-25/h5-8H,2-4,9-13H2,1H3/p+1. The highest BCUT2D eigenvalue weighted by Crippen LogP contribution is 2.41. The minimum Gasteiger partial charge on any atom is -0.438 e. The first-order chi connectivity index (χ1) is 14.2. The van der Waals surface area contributed by atoms with Crippen molar-refractivity contribution in [2.45, 2.75) is 32.7 Å². The second kappa shape index (κ2) is 7.82. The number of aromatic nitrogens is 2. The van der Waals surface area contributed by atoms with Gasteiger partial charge in [-0.15, -0.1) is 11.3 Å². The smallest absolute Gasteiger partial charge is 0.231 e. The van der Waals surface area contributed by atoms with Crippen LogP contribution in [0.25, 0.3) is 10.2 Å². The number of nitrogens with one attached hydrogen (secondary N) is 1. The molecular formula is C22H24N3O3S+. The number of morpholine rings is 1.